The number of nitrogens with zero attached hydrogens (tertiary/aromatic N) is 3. The van der Waals surface area contributed by atoms with Gasteiger partial charge in [0.2, 0.25) is 0 Å². The molecule has 5 rings (SSSR count). The van der Waals surface area contributed by atoms with Gasteiger partial charge in [-0.05, 0) is 29.3 Å². The molecule has 29 heavy (non-hydrogen) atoms. The summed E-state index contributed by atoms with van der Waals surface area (Å²) in [6.45, 7) is 1.11. The Bertz CT molecular complexity index is 1320. The summed E-state index contributed by atoms with van der Waals surface area (Å²) in [4.78, 5) is 13.1. The molecule has 0 aromatic heterocycles. The summed E-state index contributed by atoms with van der Waals surface area (Å²) < 4.78 is 3.66. The van der Waals surface area contributed by atoms with E-state index >= 15 is 0 Å². The molecule has 0 aliphatic carbocycles. The number of aromatic nitrogens is 3. The third-order valence-electron chi connectivity index (χ3n) is 5.14. The maximum absolute atomic E-state index is 13.1. The van der Waals surface area contributed by atoms with Crippen molar-refractivity contribution in [3.63, 3.8) is 0 Å². The van der Waals surface area contributed by atoms with Gasteiger partial charge in [0, 0.05) is 23.2 Å². The number of para-hydroxylation sites is 1. The molecule has 0 saturated carbocycles. The molecule has 0 amide bonds. The molecule has 0 unspecified atom stereocenters. The minimum atomic E-state index is -0.0699. The molecule has 4 nitrogen and oxygen atoms in total. The molecule has 3 aromatic rings. The Labute approximate surface area is 172 Å². The summed E-state index contributed by atoms with van der Waals surface area (Å²) in [5.74, 6) is 0. The van der Waals surface area contributed by atoms with Crippen molar-refractivity contribution in [1.29, 1.82) is 0 Å². The summed E-state index contributed by atoms with van der Waals surface area (Å²) in [5.41, 5.74) is 4.52. The Balaban J connectivity index is 1.66. The molecule has 142 valence electrons. The predicted molar refractivity (Wildman–Crippen MR) is 117 cm³/mol. The van der Waals surface area contributed by atoms with E-state index in [1.807, 2.05) is 79.0 Å². The van der Waals surface area contributed by atoms with Gasteiger partial charge in [-0.25, -0.2) is 4.68 Å². The monoisotopic (exact) mass is 399 g/mol. The van der Waals surface area contributed by atoms with Crippen LogP contribution in [0.1, 0.15) is 11.1 Å². The highest BCUT2D eigenvalue weighted by Gasteiger charge is 2.20. The number of rotatable bonds is 4. The van der Waals surface area contributed by atoms with E-state index in [9.17, 15) is 4.79 Å². The first kappa shape index (κ1) is 17.7. The molecular formula is C24H18ClN3O. The van der Waals surface area contributed by atoms with Crippen LogP contribution in [-0.4, -0.2) is 14.3 Å². The zero-order chi connectivity index (χ0) is 19.8. The van der Waals surface area contributed by atoms with Crippen LogP contribution >= 0.6 is 11.6 Å². The zero-order valence-electron chi connectivity index (χ0n) is 15.6. The lowest BCUT2D eigenvalue weighted by molar-refractivity contribution is 0.670. The van der Waals surface area contributed by atoms with E-state index in [-0.39, 0.29) is 5.56 Å². The maximum Gasteiger partial charge on any atom is 0.278 e. The van der Waals surface area contributed by atoms with Gasteiger partial charge >= 0.3 is 0 Å². The van der Waals surface area contributed by atoms with Crippen LogP contribution in [0, 0.1) is 0 Å². The zero-order valence-corrected chi connectivity index (χ0v) is 16.4. The lowest BCUT2D eigenvalue weighted by Crippen LogP contribution is -2.17. The first-order valence-electron chi connectivity index (χ1n) is 9.46. The van der Waals surface area contributed by atoms with Crippen LogP contribution in [0.25, 0.3) is 22.2 Å². The summed E-state index contributed by atoms with van der Waals surface area (Å²) in [6.07, 6.45) is 1.92. The van der Waals surface area contributed by atoms with Gasteiger partial charge in [0.05, 0.1) is 17.6 Å². The maximum atomic E-state index is 13.1. The Morgan fingerprint density at radius 2 is 1.48 bits per heavy atom. The molecule has 0 bridgehead atoms. The highest BCUT2D eigenvalue weighted by Crippen LogP contribution is 2.28. The number of halogens is 1. The van der Waals surface area contributed by atoms with Crippen molar-refractivity contribution in [2.24, 2.45) is 0 Å². The van der Waals surface area contributed by atoms with E-state index in [1.54, 1.807) is 4.68 Å². The second-order valence-corrected chi connectivity index (χ2v) is 7.55. The van der Waals surface area contributed by atoms with Gasteiger partial charge in [-0.1, -0.05) is 72.3 Å². The van der Waals surface area contributed by atoms with Gasteiger partial charge in [0.15, 0.2) is 0 Å². The Morgan fingerprint density at radius 1 is 0.793 bits per heavy atom. The molecular weight excluding hydrogens is 382 g/mol. The van der Waals surface area contributed by atoms with Crippen LogP contribution in [0.15, 0.2) is 89.9 Å². The van der Waals surface area contributed by atoms with Gasteiger partial charge in [-0.15, -0.1) is 0 Å². The molecule has 0 radical (unpaired) electrons. The number of hydrogen-bond acceptors (Lipinski definition) is 2. The highest BCUT2D eigenvalue weighted by molar-refractivity contribution is 6.30. The van der Waals surface area contributed by atoms with E-state index < -0.39 is 0 Å². The minimum Gasteiger partial charge on any atom is -0.342 e. The molecule has 3 aromatic carbocycles. The van der Waals surface area contributed by atoms with E-state index in [4.69, 9.17) is 11.6 Å². The van der Waals surface area contributed by atoms with Crippen LogP contribution < -0.4 is 5.56 Å². The molecule has 5 heteroatoms. The quantitative estimate of drug-likeness (QED) is 0.424. The minimum absolute atomic E-state index is 0.0699. The van der Waals surface area contributed by atoms with E-state index in [0.717, 1.165) is 27.7 Å². The average Bonchev–Trinajstić information content (AvgIpc) is 3.06. The summed E-state index contributed by atoms with van der Waals surface area (Å²) in [7, 11) is 0. The largest absolute Gasteiger partial charge is 0.342 e. The molecule has 0 saturated heterocycles. The third kappa shape index (κ3) is 3.32. The van der Waals surface area contributed by atoms with Crippen molar-refractivity contribution in [2.45, 2.75) is 13.1 Å². The second-order valence-electron chi connectivity index (χ2n) is 7.11. The predicted octanol–water partition coefficient (Wildman–Crippen LogP) is 5.05. The lowest BCUT2D eigenvalue weighted by Gasteiger charge is -2.14. The highest BCUT2D eigenvalue weighted by atomic mass is 35.5. The van der Waals surface area contributed by atoms with Gasteiger partial charge in [0.1, 0.15) is 5.69 Å². The summed E-state index contributed by atoms with van der Waals surface area (Å²) in [6, 6.07) is 25.8. The summed E-state index contributed by atoms with van der Waals surface area (Å²) in [5, 5.41) is 6.35. The van der Waals surface area contributed by atoms with Gasteiger partial charge in [-0.3, -0.25) is 4.79 Å². The summed E-state index contributed by atoms with van der Waals surface area (Å²) >= 11 is 6.02. The fourth-order valence-corrected chi connectivity index (χ4v) is 3.83. The van der Waals surface area contributed by atoms with Gasteiger partial charge in [0.25, 0.3) is 5.56 Å². The molecule has 2 aliphatic heterocycles. The first-order chi connectivity index (χ1) is 14.2. The molecule has 0 atom stereocenters. The first-order valence-corrected chi connectivity index (χ1v) is 9.84. The molecule has 2 heterocycles. The van der Waals surface area contributed by atoms with E-state index in [0.29, 0.717) is 23.7 Å². The molecule has 0 fully saturated rings. The standard InChI is InChI=1S/C24H18ClN3O/c25-19-12-10-18(11-13-19)14-27-16-21-23(20-8-4-5-9-22(20)27)26-28(24(21)29)15-17-6-2-1-3-7-17/h1-13,16H,14-15H2. The van der Waals surface area contributed by atoms with Crippen LogP contribution in [0.4, 0.5) is 0 Å². The van der Waals surface area contributed by atoms with Crippen molar-refractivity contribution in [3.8, 4) is 11.3 Å². The number of pyridine rings is 1. The molecule has 2 aliphatic rings. The van der Waals surface area contributed by atoms with Crippen molar-refractivity contribution in [2.75, 3.05) is 0 Å². The normalized spacial score (nSPS) is 11.3. The fourth-order valence-electron chi connectivity index (χ4n) is 3.71. The van der Waals surface area contributed by atoms with Crippen LogP contribution in [0.3, 0.4) is 0 Å². The van der Waals surface area contributed by atoms with Crippen molar-refractivity contribution in [1.82, 2.24) is 14.3 Å². The fraction of sp³-hybridized carbons (Fsp3) is 0.0833. The SMILES string of the molecule is O=c1c2cn(Cc3ccc(Cl)cc3)c3ccccc3c-2nn1Cc1ccccc1. The molecule has 0 spiro atoms. The third-order valence-corrected chi connectivity index (χ3v) is 5.39. The van der Waals surface area contributed by atoms with E-state index in [1.165, 1.54) is 0 Å². The van der Waals surface area contributed by atoms with Gasteiger partial charge < -0.3 is 4.57 Å². The smallest absolute Gasteiger partial charge is 0.278 e. The van der Waals surface area contributed by atoms with Crippen LogP contribution in [-0.2, 0) is 13.1 Å². The van der Waals surface area contributed by atoms with E-state index in [2.05, 4.69) is 15.7 Å². The van der Waals surface area contributed by atoms with Crippen LogP contribution in [0.5, 0.6) is 0 Å². The Hall–Kier alpha value is -3.37. The number of fused-ring (bicyclic) bond motifs is 3. The van der Waals surface area contributed by atoms with Crippen molar-refractivity contribution >= 4 is 22.5 Å². The van der Waals surface area contributed by atoms with Crippen molar-refractivity contribution < 1.29 is 0 Å². The number of hydrogen-bond donors (Lipinski definition) is 0. The van der Waals surface area contributed by atoms with Gasteiger partial charge in [-0.2, -0.15) is 5.10 Å². The average molecular weight is 400 g/mol. The Morgan fingerprint density at radius 3 is 2.28 bits per heavy atom. The number of benzene rings is 3. The molecule has 0 N–H and O–H groups in total. The lowest BCUT2D eigenvalue weighted by atomic mass is 10.1. The van der Waals surface area contributed by atoms with Crippen molar-refractivity contribution in [3.05, 3.63) is 112 Å². The Kier molecular flexibility index (Phi) is 4.41. The topological polar surface area (TPSA) is 39.8 Å². The van der Waals surface area contributed by atoms with Crippen LogP contribution in [0.2, 0.25) is 5.02 Å². The second kappa shape index (κ2) is 7.22.